The molecule has 3 aromatic carbocycles. The van der Waals surface area contributed by atoms with Crippen LogP contribution in [-0.4, -0.2) is 65.4 Å². The summed E-state index contributed by atoms with van der Waals surface area (Å²) in [7, 11) is 0. The zero-order valence-electron chi connectivity index (χ0n) is 21.8. The molecule has 1 atom stereocenters. The number of aromatic amines is 1. The zero-order valence-corrected chi connectivity index (χ0v) is 22.7. The van der Waals surface area contributed by atoms with Gasteiger partial charge in [-0.3, -0.25) is 9.59 Å². The van der Waals surface area contributed by atoms with Crippen LogP contribution in [0.5, 0.6) is 5.75 Å². The number of nitrogens with one attached hydrogen (secondary N) is 2. The van der Waals surface area contributed by atoms with Gasteiger partial charge in [0.15, 0.2) is 0 Å². The summed E-state index contributed by atoms with van der Waals surface area (Å²) in [5.41, 5.74) is 3.29. The van der Waals surface area contributed by atoms with Gasteiger partial charge in [-0.25, -0.2) is 0 Å². The molecule has 39 heavy (non-hydrogen) atoms. The van der Waals surface area contributed by atoms with Crippen LogP contribution < -0.4 is 10.2 Å². The molecule has 0 spiro atoms. The lowest BCUT2D eigenvalue weighted by Crippen LogP contribution is -2.39. The van der Waals surface area contributed by atoms with Crippen molar-refractivity contribution in [2.24, 2.45) is 0 Å². The molecule has 0 aliphatic rings. The standard InChI is InChI=1S/C30H35N3O5S/c34-25-12-11-24(29-28(25)32-30(37)39-29)26(35)21-31-16-18-33(17-13-22-7-3-1-4-8-22)27(36)15-20-38-19-14-23-9-5-2-6-10-23/h1-12,26,31,34-35H,13-21H2,(H,32,37)/t26-/m1/s1. The first kappa shape index (κ1) is 28.5. The molecule has 1 aromatic heterocycles. The predicted molar refractivity (Wildman–Crippen MR) is 154 cm³/mol. The van der Waals surface area contributed by atoms with Crippen molar-refractivity contribution in [1.29, 1.82) is 0 Å². The highest BCUT2D eigenvalue weighted by molar-refractivity contribution is 7.16. The Balaban J connectivity index is 1.26. The molecule has 9 heteroatoms. The number of aliphatic hydroxyl groups excluding tert-OH is 1. The second-order valence-corrected chi connectivity index (χ2v) is 10.3. The maximum absolute atomic E-state index is 13.0. The van der Waals surface area contributed by atoms with Crippen LogP contribution in [0.4, 0.5) is 0 Å². The van der Waals surface area contributed by atoms with Gasteiger partial charge in [0.1, 0.15) is 11.3 Å². The number of carbonyl (C=O) groups is 1. The second-order valence-electron chi connectivity index (χ2n) is 9.33. The molecule has 1 heterocycles. The molecule has 0 saturated carbocycles. The lowest BCUT2D eigenvalue weighted by molar-refractivity contribution is -0.132. The number of hydrogen-bond donors (Lipinski definition) is 4. The van der Waals surface area contributed by atoms with Crippen molar-refractivity contribution in [3.8, 4) is 5.75 Å². The lowest BCUT2D eigenvalue weighted by Gasteiger charge is -2.24. The van der Waals surface area contributed by atoms with Crippen LogP contribution in [0.25, 0.3) is 10.2 Å². The molecule has 4 N–H and O–H groups in total. The molecule has 206 valence electrons. The Hall–Kier alpha value is -3.50. The molecule has 0 aliphatic heterocycles. The van der Waals surface area contributed by atoms with Crippen molar-refractivity contribution in [3.63, 3.8) is 0 Å². The van der Waals surface area contributed by atoms with Gasteiger partial charge in [0.2, 0.25) is 5.91 Å². The number of fused-ring (bicyclic) bond motifs is 1. The van der Waals surface area contributed by atoms with E-state index < -0.39 is 6.10 Å². The number of benzene rings is 3. The first-order valence-corrected chi connectivity index (χ1v) is 14.0. The van der Waals surface area contributed by atoms with E-state index in [-0.39, 0.29) is 23.1 Å². The number of aromatic hydroxyl groups is 1. The normalized spacial score (nSPS) is 12.0. The van der Waals surface area contributed by atoms with E-state index >= 15 is 0 Å². The molecule has 0 aliphatic carbocycles. The Morgan fingerprint density at radius 3 is 2.36 bits per heavy atom. The third-order valence-electron chi connectivity index (χ3n) is 6.55. The van der Waals surface area contributed by atoms with Crippen molar-refractivity contribution < 1.29 is 19.7 Å². The maximum atomic E-state index is 13.0. The van der Waals surface area contributed by atoms with Gasteiger partial charge in [-0.2, -0.15) is 0 Å². The minimum atomic E-state index is -0.869. The van der Waals surface area contributed by atoms with Gasteiger partial charge in [0, 0.05) is 31.7 Å². The first-order valence-electron chi connectivity index (χ1n) is 13.2. The van der Waals surface area contributed by atoms with Crippen LogP contribution in [0.15, 0.2) is 77.6 Å². The predicted octanol–water partition coefficient (Wildman–Crippen LogP) is 3.64. The summed E-state index contributed by atoms with van der Waals surface area (Å²) in [4.78, 5) is 29.0. The molecule has 4 rings (SSSR count). The van der Waals surface area contributed by atoms with Crippen LogP contribution >= 0.6 is 11.3 Å². The quantitative estimate of drug-likeness (QED) is 0.168. The smallest absolute Gasteiger partial charge is 0.305 e. The summed E-state index contributed by atoms with van der Waals surface area (Å²) in [6.45, 7) is 2.77. The number of nitrogens with zero attached hydrogens (tertiary/aromatic N) is 1. The van der Waals surface area contributed by atoms with E-state index in [2.05, 4.69) is 34.6 Å². The van der Waals surface area contributed by atoms with Gasteiger partial charge in [-0.05, 0) is 30.0 Å². The number of amides is 1. The SMILES string of the molecule is O=C(CCOCCc1ccccc1)N(CCNC[C@@H](O)c1ccc(O)c2[nH]c(=O)sc12)CCc1ccccc1. The van der Waals surface area contributed by atoms with E-state index in [1.54, 1.807) is 6.07 Å². The van der Waals surface area contributed by atoms with Crippen molar-refractivity contribution in [2.45, 2.75) is 25.4 Å². The maximum Gasteiger partial charge on any atom is 0.305 e. The highest BCUT2D eigenvalue weighted by Gasteiger charge is 2.17. The highest BCUT2D eigenvalue weighted by atomic mass is 32.1. The summed E-state index contributed by atoms with van der Waals surface area (Å²) in [6.07, 6.45) is 1.00. The molecule has 8 nitrogen and oxygen atoms in total. The molecule has 0 saturated heterocycles. The van der Waals surface area contributed by atoms with Gasteiger partial charge >= 0.3 is 4.87 Å². The Bertz CT molecular complexity index is 1370. The molecule has 0 bridgehead atoms. The fourth-order valence-corrected chi connectivity index (χ4v) is 5.31. The van der Waals surface area contributed by atoms with Crippen LogP contribution in [0.1, 0.15) is 29.2 Å². The van der Waals surface area contributed by atoms with Gasteiger partial charge in [-0.15, -0.1) is 0 Å². The summed E-state index contributed by atoms with van der Waals surface area (Å²) in [5, 5.41) is 24.0. The topological polar surface area (TPSA) is 115 Å². The van der Waals surface area contributed by atoms with Crippen molar-refractivity contribution in [1.82, 2.24) is 15.2 Å². The fourth-order valence-electron chi connectivity index (χ4n) is 4.39. The summed E-state index contributed by atoms with van der Waals surface area (Å²) in [5.74, 6) is 0.00852. The number of hydrogen-bond acceptors (Lipinski definition) is 7. The fraction of sp³-hybridized carbons (Fsp3) is 0.333. The van der Waals surface area contributed by atoms with E-state index in [1.807, 2.05) is 41.3 Å². The number of ether oxygens (including phenoxy) is 1. The number of phenolic OH excluding ortho intramolecular Hbond substituents is 1. The third-order valence-corrected chi connectivity index (χ3v) is 7.48. The van der Waals surface area contributed by atoms with Gasteiger partial charge < -0.3 is 30.2 Å². The Kier molecular flexibility index (Phi) is 10.7. The van der Waals surface area contributed by atoms with E-state index in [1.165, 1.54) is 17.2 Å². The molecule has 0 radical (unpaired) electrons. The van der Waals surface area contributed by atoms with E-state index in [9.17, 15) is 19.8 Å². The van der Waals surface area contributed by atoms with Crippen LogP contribution in [-0.2, 0) is 22.4 Å². The van der Waals surface area contributed by atoms with Crippen LogP contribution in [0.3, 0.4) is 0 Å². The molecule has 4 aromatic rings. The van der Waals surface area contributed by atoms with E-state index in [4.69, 9.17) is 4.74 Å². The third kappa shape index (κ3) is 8.49. The van der Waals surface area contributed by atoms with Gasteiger partial charge in [0.05, 0.1) is 30.4 Å². The molecular weight excluding hydrogens is 514 g/mol. The Morgan fingerprint density at radius 2 is 1.64 bits per heavy atom. The number of aliphatic hydroxyl groups is 1. The van der Waals surface area contributed by atoms with Gasteiger partial charge in [0.25, 0.3) is 0 Å². The first-order chi connectivity index (χ1) is 19.0. The van der Waals surface area contributed by atoms with Crippen molar-refractivity contribution >= 4 is 27.5 Å². The zero-order chi connectivity index (χ0) is 27.5. The average molecular weight is 550 g/mol. The number of thiazole rings is 1. The minimum Gasteiger partial charge on any atom is -0.506 e. The lowest BCUT2D eigenvalue weighted by atomic mass is 10.1. The second kappa shape index (κ2) is 14.6. The van der Waals surface area contributed by atoms with Crippen LogP contribution in [0.2, 0.25) is 0 Å². The number of rotatable bonds is 15. The Morgan fingerprint density at radius 1 is 0.949 bits per heavy atom. The monoisotopic (exact) mass is 549 g/mol. The van der Waals surface area contributed by atoms with Crippen molar-refractivity contribution in [2.75, 3.05) is 39.4 Å². The summed E-state index contributed by atoms with van der Waals surface area (Å²) < 4.78 is 6.28. The van der Waals surface area contributed by atoms with Crippen molar-refractivity contribution in [3.05, 3.63) is 99.2 Å². The van der Waals surface area contributed by atoms with E-state index in [0.717, 1.165) is 24.2 Å². The summed E-state index contributed by atoms with van der Waals surface area (Å²) >= 11 is 0.960. The Labute approximate surface area is 231 Å². The van der Waals surface area contributed by atoms with Gasteiger partial charge in [-0.1, -0.05) is 78.1 Å². The minimum absolute atomic E-state index is 0.0242. The molecule has 1 amide bonds. The number of phenols is 1. The average Bonchev–Trinajstić information content (AvgIpc) is 3.35. The highest BCUT2D eigenvalue weighted by Crippen LogP contribution is 2.31. The molecular formula is C30H35N3O5S. The molecule has 0 unspecified atom stereocenters. The number of H-pyrrole nitrogens is 1. The van der Waals surface area contributed by atoms with Crippen LogP contribution in [0, 0.1) is 0 Å². The largest absolute Gasteiger partial charge is 0.506 e. The number of carbonyl (C=O) groups excluding carboxylic acids is 1. The molecule has 0 fully saturated rings. The van der Waals surface area contributed by atoms with E-state index in [0.29, 0.717) is 55.0 Å². The summed E-state index contributed by atoms with van der Waals surface area (Å²) in [6, 6.07) is 23.3. The number of aromatic nitrogens is 1.